The third kappa shape index (κ3) is 5.94. The number of carbonyl (C=O) groups excluding carboxylic acids is 2. The Morgan fingerprint density at radius 1 is 1.19 bits per heavy atom. The molecule has 0 N–H and O–H groups in total. The van der Waals surface area contributed by atoms with E-state index in [1.165, 1.54) is 24.5 Å². The van der Waals surface area contributed by atoms with Gasteiger partial charge in [0.15, 0.2) is 0 Å². The van der Waals surface area contributed by atoms with Crippen molar-refractivity contribution in [1.82, 2.24) is 9.21 Å². The van der Waals surface area contributed by atoms with Crippen molar-refractivity contribution in [3.05, 3.63) is 56.1 Å². The Hall–Kier alpha value is -2.40. The molecular weight excluding hydrogens is 522 g/mol. The number of ether oxygens (including phenoxy) is 1. The molecule has 1 atom stereocenters. The van der Waals surface area contributed by atoms with Gasteiger partial charge in [0.1, 0.15) is 11.6 Å². The number of sulfonamides is 1. The molecule has 11 heteroatoms. The Morgan fingerprint density at radius 2 is 1.94 bits per heavy atom. The highest BCUT2D eigenvalue weighted by Gasteiger charge is 2.39. The number of fused-ring (bicyclic) bond motifs is 1. The van der Waals surface area contributed by atoms with E-state index < -0.39 is 21.7 Å². The molecule has 194 valence electrons. The van der Waals surface area contributed by atoms with E-state index in [0.29, 0.717) is 36.8 Å². The van der Waals surface area contributed by atoms with Gasteiger partial charge in [-0.2, -0.15) is 4.31 Å². The minimum atomic E-state index is -3.79. The summed E-state index contributed by atoms with van der Waals surface area (Å²) in [4.78, 5) is 29.7. The summed E-state index contributed by atoms with van der Waals surface area (Å²) in [6, 6.07) is 8.42. The molecule has 0 radical (unpaired) electrons. The second-order valence-electron chi connectivity index (χ2n) is 9.91. The van der Waals surface area contributed by atoms with Crippen LogP contribution in [0.3, 0.4) is 0 Å². The Balaban J connectivity index is 1.43. The number of carbonyl (C=O) groups is 2. The highest BCUT2D eigenvalue weighted by Crippen LogP contribution is 2.30. The first-order valence-electron chi connectivity index (χ1n) is 11.7. The molecule has 2 amide bonds. The lowest BCUT2D eigenvalue weighted by Gasteiger charge is -2.32. The molecule has 1 saturated heterocycles. The third-order valence-electron chi connectivity index (χ3n) is 6.18. The number of likely N-dealkylation sites (N-methyl/N-ethyl adjacent to an activating group) is 1. The van der Waals surface area contributed by atoms with Gasteiger partial charge in [-0.3, -0.25) is 4.79 Å². The SMILES string of the molecule is CN([C@H]1CCN(c2ccc3c(c2)CCN(C(=O)OC(C)(C)C)C3)C1=O)S(=O)(=O)C=Cc1ccc(Cl)s1. The minimum absolute atomic E-state index is 0.250. The molecule has 0 bridgehead atoms. The van der Waals surface area contributed by atoms with Crippen LogP contribution in [0.25, 0.3) is 6.08 Å². The van der Waals surface area contributed by atoms with Gasteiger partial charge in [0, 0.05) is 42.7 Å². The van der Waals surface area contributed by atoms with E-state index in [0.717, 1.165) is 31.4 Å². The van der Waals surface area contributed by atoms with Gasteiger partial charge in [-0.05, 0) is 75.1 Å². The molecule has 0 unspecified atom stereocenters. The van der Waals surface area contributed by atoms with E-state index in [1.54, 1.807) is 21.9 Å². The molecule has 0 spiro atoms. The van der Waals surface area contributed by atoms with Crippen LogP contribution in [0.4, 0.5) is 10.5 Å². The van der Waals surface area contributed by atoms with Crippen LogP contribution in [0, 0.1) is 0 Å². The Morgan fingerprint density at radius 3 is 2.61 bits per heavy atom. The maximum absolute atomic E-state index is 13.2. The first kappa shape index (κ1) is 26.7. The van der Waals surface area contributed by atoms with Crippen LogP contribution in [0.1, 0.15) is 43.2 Å². The molecule has 1 aromatic carbocycles. The number of hydrogen-bond donors (Lipinski definition) is 0. The van der Waals surface area contributed by atoms with Crippen LogP contribution in [0.15, 0.2) is 35.7 Å². The van der Waals surface area contributed by atoms with E-state index in [-0.39, 0.29) is 12.0 Å². The van der Waals surface area contributed by atoms with Gasteiger partial charge in [-0.15, -0.1) is 11.3 Å². The van der Waals surface area contributed by atoms with E-state index >= 15 is 0 Å². The van der Waals surface area contributed by atoms with Gasteiger partial charge < -0.3 is 14.5 Å². The Bertz CT molecular complexity index is 1300. The summed E-state index contributed by atoms with van der Waals surface area (Å²) < 4.78 is 32.9. The number of rotatable bonds is 5. The summed E-state index contributed by atoms with van der Waals surface area (Å²) in [7, 11) is -2.36. The molecule has 8 nitrogen and oxygen atoms in total. The largest absolute Gasteiger partial charge is 0.444 e. The molecule has 1 aromatic heterocycles. The predicted molar refractivity (Wildman–Crippen MR) is 143 cm³/mol. The monoisotopic (exact) mass is 551 g/mol. The van der Waals surface area contributed by atoms with Gasteiger partial charge in [-0.1, -0.05) is 17.7 Å². The van der Waals surface area contributed by atoms with Crippen LogP contribution < -0.4 is 4.90 Å². The van der Waals surface area contributed by atoms with Crippen molar-refractivity contribution < 1.29 is 22.7 Å². The summed E-state index contributed by atoms with van der Waals surface area (Å²) >= 11 is 7.19. The number of halogens is 1. The topological polar surface area (TPSA) is 87.2 Å². The maximum atomic E-state index is 13.2. The van der Waals surface area contributed by atoms with Crippen LogP contribution >= 0.6 is 22.9 Å². The second kappa shape index (κ2) is 10.2. The molecule has 3 heterocycles. The maximum Gasteiger partial charge on any atom is 0.410 e. The zero-order valence-electron chi connectivity index (χ0n) is 20.7. The summed E-state index contributed by atoms with van der Waals surface area (Å²) in [6.07, 6.45) is 2.20. The van der Waals surface area contributed by atoms with Crippen molar-refractivity contribution in [3.8, 4) is 0 Å². The van der Waals surface area contributed by atoms with Crippen molar-refractivity contribution in [2.24, 2.45) is 0 Å². The number of hydrogen-bond acceptors (Lipinski definition) is 6. The fourth-order valence-corrected chi connectivity index (χ4v) is 6.40. The van der Waals surface area contributed by atoms with Gasteiger partial charge >= 0.3 is 6.09 Å². The highest BCUT2D eigenvalue weighted by atomic mass is 35.5. The van der Waals surface area contributed by atoms with Crippen LogP contribution in [-0.4, -0.2) is 61.4 Å². The standard InChI is InChI=1S/C25H30ClN3O5S2/c1-25(2,3)34-24(31)28-12-9-17-15-19(6-5-18(17)16-28)29-13-10-21(23(29)30)27(4)36(32,33)14-11-20-7-8-22(26)35-20/h5-8,11,14-15,21H,9-10,12-13,16H2,1-4H3/t21-/m0/s1. The molecule has 4 rings (SSSR count). The Labute approximate surface area is 221 Å². The molecule has 2 aliphatic rings. The molecule has 0 saturated carbocycles. The van der Waals surface area contributed by atoms with Gasteiger partial charge in [0.05, 0.1) is 4.34 Å². The van der Waals surface area contributed by atoms with Crippen molar-refractivity contribution in [1.29, 1.82) is 0 Å². The van der Waals surface area contributed by atoms with E-state index in [1.807, 2.05) is 39.0 Å². The average molecular weight is 552 g/mol. The van der Waals surface area contributed by atoms with E-state index in [9.17, 15) is 18.0 Å². The highest BCUT2D eigenvalue weighted by molar-refractivity contribution is 7.92. The molecule has 2 aliphatic heterocycles. The third-order valence-corrected chi connectivity index (χ3v) is 8.92. The number of anilines is 1. The van der Waals surface area contributed by atoms with E-state index in [4.69, 9.17) is 16.3 Å². The fourth-order valence-electron chi connectivity index (χ4n) is 4.29. The molecular formula is C25H30ClN3O5S2. The average Bonchev–Trinajstić information content (AvgIpc) is 3.40. The summed E-state index contributed by atoms with van der Waals surface area (Å²) in [6.45, 7) is 6.93. The minimum Gasteiger partial charge on any atom is -0.444 e. The van der Waals surface area contributed by atoms with Gasteiger partial charge in [-0.25, -0.2) is 13.2 Å². The Kier molecular flexibility index (Phi) is 7.52. The summed E-state index contributed by atoms with van der Waals surface area (Å²) in [5.74, 6) is -0.250. The summed E-state index contributed by atoms with van der Waals surface area (Å²) in [5, 5.41) is 1.11. The van der Waals surface area contributed by atoms with Crippen molar-refractivity contribution in [2.75, 3.05) is 25.0 Å². The predicted octanol–water partition coefficient (Wildman–Crippen LogP) is 4.73. The summed E-state index contributed by atoms with van der Waals surface area (Å²) in [5.41, 5.74) is 2.27. The van der Waals surface area contributed by atoms with E-state index in [2.05, 4.69) is 0 Å². The lowest BCUT2D eigenvalue weighted by atomic mass is 9.99. The van der Waals surface area contributed by atoms with Crippen molar-refractivity contribution in [3.63, 3.8) is 0 Å². The van der Waals surface area contributed by atoms with Gasteiger partial charge in [0.2, 0.25) is 15.9 Å². The van der Waals surface area contributed by atoms with Crippen molar-refractivity contribution >= 4 is 56.7 Å². The first-order chi connectivity index (χ1) is 16.8. The smallest absolute Gasteiger partial charge is 0.410 e. The van der Waals surface area contributed by atoms with Gasteiger partial charge in [0.25, 0.3) is 0 Å². The lowest BCUT2D eigenvalue weighted by Crippen LogP contribution is -2.42. The molecule has 0 aliphatic carbocycles. The second-order valence-corrected chi connectivity index (χ2v) is 13.5. The number of thiophene rings is 1. The van der Waals surface area contributed by atoms with Crippen LogP contribution in [-0.2, 0) is 32.5 Å². The van der Waals surface area contributed by atoms with Crippen molar-refractivity contribution in [2.45, 2.75) is 51.8 Å². The quantitative estimate of drug-likeness (QED) is 0.536. The fraction of sp³-hybridized carbons (Fsp3) is 0.440. The first-order valence-corrected chi connectivity index (χ1v) is 14.4. The molecule has 36 heavy (non-hydrogen) atoms. The molecule has 2 aromatic rings. The number of benzene rings is 1. The van der Waals surface area contributed by atoms with Crippen LogP contribution in [0.2, 0.25) is 4.34 Å². The zero-order chi connectivity index (χ0) is 26.3. The number of nitrogens with zero attached hydrogens (tertiary/aromatic N) is 3. The lowest BCUT2D eigenvalue weighted by molar-refractivity contribution is -0.120. The zero-order valence-corrected chi connectivity index (χ0v) is 23.1. The molecule has 1 fully saturated rings. The van der Waals surface area contributed by atoms with Crippen LogP contribution in [0.5, 0.6) is 0 Å². The number of amides is 2. The normalized spacial score (nSPS) is 18.8.